The summed E-state index contributed by atoms with van der Waals surface area (Å²) < 4.78 is 12.1. The zero-order valence-electron chi connectivity index (χ0n) is 24.2. The van der Waals surface area contributed by atoms with Crippen LogP contribution in [0.15, 0.2) is 106 Å². The molecular formula is C37H24Cl2N2O2S2. The van der Waals surface area contributed by atoms with Crippen LogP contribution >= 0.6 is 45.9 Å². The largest absolute Gasteiger partial charge is 0.435 e. The van der Waals surface area contributed by atoms with Gasteiger partial charge in [-0.15, -0.1) is 22.7 Å². The fraction of sp³-hybridized carbons (Fsp3) is 0.0811. The van der Waals surface area contributed by atoms with E-state index in [0.29, 0.717) is 16.8 Å². The maximum absolute atomic E-state index is 6.39. The fourth-order valence-electron chi connectivity index (χ4n) is 5.39. The molecule has 0 unspecified atom stereocenters. The molecule has 45 heavy (non-hydrogen) atoms. The van der Waals surface area contributed by atoms with Crippen molar-refractivity contribution in [1.29, 1.82) is 0 Å². The maximum Gasteiger partial charge on any atom is 0.237 e. The number of halogens is 2. The molecule has 4 heterocycles. The number of thiophene rings is 2. The van der Waals surface area contributed by atoms with E-state index < -0.39 is 0 Å². The lowest BCUT2D eigenvalue weighted by atomic mass is 10.0. The van der Waals surface area contributed by atoms with Gasteiger partial charge in [0.05, 0.1) is 9.75 Å². The van der Waals surface area contributed by atoms with E-state index in [4.69, 9.17) is 32.0 Å². The van der Waals surface area contributed by atoms with E-state index in [2.05, 4.69) is 89.7 Å². The third-order valence-corrected chi connectivity index (χ3v) is 10.9. The summed E-state index contributed by atoms with van der Waals surface area (Å²) in [6.07, 6.45) is 0.850. The third kappa shape index (κ3) is 5.28. The van der Waals surface area contributed by atoms with Gasteiger partial charge >= 0.3 is 0 Å². The van der Waals surface area contributed by atoms with E-state index >= 15 is 0 Å². The number of benzene rings is 4. The summed E-state index contributed by atoms with van der Waals surface area (Å²) in [4.78, 5) is 13.6. The number of oxazole rings is 2. The molecule has 0 amide bonds. The van der Waals surface area contributed by atoms with Crippen LogP contribution in [-0.4, -0.2) is 9.97 Å². The summed E-state index contributed by atoms with van der Waals surface area (Å²) in [5.74, 6) is 1.23. The second-order valence-corrected chi connectivity index (χ2v) is 13.8. The molecule has 8 heteroatoms. The molecule has 0 N–H and O–H groups in total. The Bertz CT molecular complexity index is 2310. The van der Waals surface area contributed by atoms with Crippen LogP contribution in [-0.2, 0) is 6.42 Å². The van der Waals surface area contributed by atoms with E-state index in [-0.39, 0.29) is 0 Å². The quantitative estimate of drug-likeness (QED) is 0.178. The van der Waals surface area contributed by atoms with Gasteiger partial charge in [-0.05, 0) is 95.3 Å². The molecule has 0 bridgehead atoms. The average Bonchev–Trinajstić information content (AvgIpc) is 3.87. The molecule has 4 aromatic heterocycles. The Morgan fingerprint density at radius 1 is 0.556 bits per heavy atom. The number of rotatable bonds is 6. The highest BCUT2D eigenvalue weighted by atomic mass is 35.5. The standard InChI is InChI=1S/C37H24Cl2N2O2S2/c1-3-21-17-31-29(19-27(21)39)41-37(43-31)35-15-13-33(45-35)25-10-6-23(7-11-25)22-4-8-24(9-5-22)32-12-14-34(44-32)36-40-28-18-26(38)20(2)16-30(28)42-36/h4-19H,3H2,1-2H3. The van der Waals surface area contributed by atoms with Gasteiger partial charge in [0, 0.05) is 19.8 Å². The number of fused-ring (bicyclic) bond motifs is 2. The molecular weight excluding hydrogens is 639 g/mol. The molecule has 0 radical (unpaired) electrons. The van der Waals surface area contributed by atoms with Crippen molar-refractivity contribution in [3.05, 3.63) is 118 Å². The average molecular weight is 664 g/mol. The lowest BCUT2D eigenvalue weighted by Crippen LogP contribution is -1.81. The maximum atomic E-state index is 6.39. The minimum Gasteiger partial charge on any atom is -0.435 e. The van der Waals surface area contributed by atoms with Gasteiger partial charge in [-0.25, -0.2) is 9.97 Å². The number of nitrogens with zero attached hydrogens (tertiary/aromatic N) is 2. The highest BCUT2D eigenvalue weighted by Crippen LogP contribution is 2.39. The summed E-state index contributed by atoms with van der Waals surface area (Å²) in [6, 6.07) is 33.4. The zero-order valence-corrected chi connectivity index (χ0v) is 27.4. The predicted molar refractivity (Wildman–Crippen MR) is 189 cm³/mol. The highest BCUT2D eigenvalue weighted by molar-refractivity contribution is 7.19. The van der Waals surface area contributed by atoms with Gasteiger partial charge in [-0.2, -0.15) is 0 Å². The van der Waals surface area contributed by atoms with E-state index in [0.717, 1.165) is 86.5 Å². The summed E-state index contributed by atoms with van der Waals surface area (Å²) in [6.45, 7) is 4.04. The smallest absolute Gasteiger partial charge is 0.237 e. The molecule has 0 aliphatic rings. The third-order valence-electron chi connectivity index (χ3n) is 7.91. The van der Waals surface area contributed by atoms with Gasteiger partial charge in [0.25, 0.3) is 0 Å². The van der Waals surface area contributed by atoms with Crippen molar-refractivity contribution in [3.63, 3.8) is 0 Å². The molecule has 8 rings (SSSR count). The van der Waals surface area contributed by atoms with Crippen LogP contribution in [0.5, 0.6) is 0 Å². The summed E-state index contributed by atoms with van der Waals surface area (Å²) >= 11 is 16.0. The van der Waals surface area contributed by atoms with Gasteiger partial charge in [0.1, 0.15) is 11.0 Å². The van der Waals surface area contributed by atoms with Crippen molar-refractivity contribution in [2.45, 2.75) is 20.3 Å². The lowest BCUT2D eigenvalue weighted by Gasteiger charge is -2.05. The minimum atomic E-state index is 0.613. The Hall–Kier alpha value is -4.20. The zero-order chi connectivity index (χ0) is 30.7. The number of aromatic nitrogens is 2. The lowest BCUT2D eigenvalue weighted by molar-refractivity contribution is 0.621. The Morgan fingerprint density at radius 3 is 1.51 bits per heavy atom. The molecule has 0 atom stereocenters. The van der Waals surface area contributed by atoms with Crippen molar-refractivity contribution in [2.24, 2.45) is 0 Å². The second-order valence-electron chi connectivity index (χ2n) is 10.9. The number of hydrogen-bond acceptors (Lipinski definition) is 6. The van der Waals surface area contributed by atoms with Crippen LogP contribution < -0.4 is 0 Å². The van der Waals surface area contributed by atoms with E-state index in [1.165, 1.54) is 0 Å². The molecule has 0 saturated carbocycles. The van der Waals surface area contributed by atoms with E-state index in [1.54, 1.807) is 22.7 Å². The highest BCUT2D eigenvalue weighted by Gasteiger charge is 2.15. The number of hydrogen-bond donors (Lipinski definition) is 0. The molecule has 4 nitrogen and oxygen atoms in total. The van der Waals surface area contributed by atoms with Crippen LogP contribution in [0.1, 0.15) is 18.1 Å². The van der Waals surface area contributed by atoms with E-state index in [1.807, 2.05) is 31.2 Å². The molecule has 0 saturated heterocycles. The second kappa shape index (κ2) is 11.3. The summed E-state index contributed by atoms with van der Waals surface area (Å²) in [5, 5.41) is 1.42. The Balaban J connectivity index is 0.990. The van der Waals surface area contributed by atoms with Gasteiger partial charge < -0.3 is 8.83 Å². The van der Waals surface area contributed by atoms with E-state index in [9.17, 15) is 0 Å². The first kappa shape index (κ1) is 28.3. The monoisotopic (exact) mass is 662 g/mol. The predicted octanol–water partition coefficient (Wildman–Crippen LogP) is 12.6. The van der Waals surface area contributed by atoms with Crippen molar-refractivity contribution in [1.82, 2.24) is 9.97 Å². The SMILES string of the molecule is CCc1cc2oc(-c3ccc(-c4ccc(-c5ccc(-c6ccc(-c7nc8cc(Cl)c(C)cc8o7)s6)cc5)cc4)s3)nc2cc1Cl. The first-order valence-corrected chi connectivity index (χ1v) is 16.9. The first-order chi connectivity index (χ1) is 21.9. The van der Waals surface area contributed by atoms with Crippen molar-refractivity contribution < 1.29 is 8.83 Å². The topological polar surface area (TPSA) is 52.1 Å². The number of aryl methyl sites for hydroxylation is 2. The van der Waals surface area contributed by atoms with Crippen molar-refractivity contribution >= 4 is 68.1 Å². The van der Waals surface area contributed by atoms with Gasteiger partial charge in [-0.1, -0.05) is 78.7 Å². The fourth-order valence-corrected chi connectivity index (χ4v) is 7.72. The van der Waals surface area contributed by atoms with Crippen LogP contribution in [0.3, 0.4) is 0 Å². The molecule has 0 aliphatic carbocycles. The van der Waals surface area contributed by atoms with Gasteiger partial charge in [0.15, 0.2) is 11.2 Å². The molecule has 4 aromatic carbocycles. The molecule has 220 valence electrons. The Morgan fingerprint density at radius 2 is 1.00 bits per heavy atom. The normalized spacial score (nSPS) is 11.6. The van der Waals surface area contributed by atoms with Crippen LogP contribution in [0, 0.1) is 6.92 Å². The Kier molecular flexibility index (Phi) is 7.11. The minimum absolute atomic E-state index is 0.613. The molecule has 0 fully saturated rings. The van der Waals surface area contributed by atoms with Crippen molar-refractivity contribution in [2.75, 3.05) is 0 Å². The van der Waals surface area contributed by atoms with Crippen LogP contribution in [0.4, 0.5) is 0 Å². The van der Waals surface area contributed by atoms with Gasteiger partial charge in [-0.3, -0.25) is 0 Å². The molecule has 8 aromatic rings. The molecule has 0 aliphatic heterocycles. The van der Waals surface area contributed by atoms with Crippen LogP contribution in [0.2, 0.25) is 10.0 Å². The summed E-state index contributed by atoms with van der Waals surface area (Å²) in [5.41, 5.74) is 9.73. The van der Waals surface area contributed by atoms with Gasteiger partial charge in [0.2, 0.25) is 11.8 Å². The Labute approximate surface area is 277 Å². The molecule has 0 spiro atoms. The van der Waals surface area contributed by atoms with Crippen LogP contribution in [0.25, 0.3) is 75.7 Å². The summed E-state index contributed by atoms with van der Waals surface area (Å²) in [7, 11) is 0. The van der Waals surface area contributed by atoms with Crippen molar-refractivity contribution in [3.8, 4) is 53.5 Å². The first-order valence-electron chi connectivity index (χ1n) is 14.5.